The predicted octanol–water partition coefficient (Wildman–Crippen LogP) is 4.28. The molecule has 0 heterocycles. The number of halogens is 2. The molecule has 0 spiro atoms. The zero-order chi connectivity index (χ0) is 22.3. The van der Waals surface area contributed by atoms with E-state index in [4.69, 9.17) is 27.9 Å². The molecule has 2 atom stereocenters. The molecule has 0 aromatic heterocycles. The van der Waals surface area contributed by atoms with Crippen LogP contribution in [0, 0.1) is 0 Å². The van der Waals surface area contributed by atoms with Crippen LogP contribution >= 0.6 is 23.2 Å². The van der Waals surface area contributed by atoms with E-state index in [1.807, 2.05) is 6.07 Å². The van der Waals surface area contributed by atoms with Crippen LogP contribution in [0.3, 0.4) is 0 Å². The van der Waals surface area contributed by atoms with Gasteiger partial charge in [0.05, 0.1) is 6.04 Å². The summed E-state index contributed by atoms with van der Waals surface area (Å²) in [5, 5.41) is 6.08. The molecule has 0 saturated carbocycles. The number of rotatable bonds is 7. The fraction of sp³-hybridized carbons (Fsp3) is 0.227. The number of amides is 2. The molecule has 2 aromatic carbocycles. The third-order valence-corrected chi connectivity index (χ3v) is 4.64. The Labute approximate surface area is 185 Å². The molecule has 30 heavy (non-hydrogen) atoms. The third-order valence-electron chi connectivity index (χ3n) is 4.08. The predicted molar refractivity (Wildman–Crippen MR) is 117 cm³/mol. The lowest BCUT2D eigenvalue weighted by Gasteiger charge is -2.20. The van der Waals surface area contributed by atoms with Crippen molar-refractivity contribution in [3.05, 3.63) is 75.4 Å². The average molecular weight is 449 g/mol. The van der Waals surface area contributed by atoms with Crippen molar-refractivity contribution in [1.29, 1.82) is 0 Å². The van der Waals surface area contributed by atoms with Crippen molar-refractivity contribution in [2.24, 2.45) is 0 Å². The minimum atomic E-state index is -1.10. The van der Waals surface area contributed by atoms with Gasteiger partial charge in [-0.05, 0) is 43.2 Å². The molecule has 0 saturated heterocycles. The lowest BCUT2D eigenvalue weighted by atomic mass is 10.1. The first-order valence-corrected chi connectivity index (χ1v) is 9.93. The van der Waals surface area contributed by atoms with Crippen molar-refractivity contribution in [3.63, 3.8) is 0 Å². The zero-order valence-corrected chi connectivity index (χ0v) is 18.3. The second-order valence-electron chi connectivity index (χ2n) is 6.59. The molecule has 0 bridgehead atoms. The highest BCUT2D eigenvalue weighted by Crippen LogP contribution is 2.26. The van der Waals surface area contributed by atoms with Crippen molar-refractivity contribution in [3.8, 4) is 0 Å². The number of esters is 1. The molecule has 2 rings (SSSR count). The molecule has 8 heteroatoms. The number of carbonyl (C=O) groups excluding carboxylic acids is 3. The summed E-state index contributed by atoms with van der Waals surface area (Å²) in [4.78, 5) is 36.5. The number of carbonyl (C=O) groups is 3. The Kier molecular flexibility index (Phi) is 8.45. The van der Waals surface area contributed by atoms with Crippen LogP contribution in [0.25, 0.3) is 6.08 Å². The van der Waals surface area contributed by atoms with E-state index in [2.05, 4.69) is 10.6 Å². The van der Waals surface area contributed by atoms with E-state index in [-0.39, 0.29) is 5.70 Å². The summed E-state index contributed by atoms with van der Waals surface area (Å²) in [6.45, 7) is 4.47. The molecule has 6 nitrogen and oxygen atoms in total. The molecule has 2 aromatic rings. The quantitative estimate of drug-likeness (QED) is 0.488. The van der Waals surface area contributed by atoms with Crippen LogP contribution in [0.2, 0.25) is 10.0 Å². The number of ether oxygens (including phenoxy) is 1. The lowest BCUT2D eigenvalue weighted by molar-refractivity contribution is -0.152. The van der Waals surface area contributed by atoms with Gasteiger partial charge < -0.3 is 15.4 Å². The van der Waals surface area contributed by atoms with Crippen molar-refractivity contribution in [1.82, 2.24) is 10.6 Å². The molecular formula is C22H22Cl2N2O4. The van der Waals surface area contributed by atoms with Crippen LogP contribution in [-0.4, -0.2) is 23.9 Å². The van der Waals surface area contributed by atoms with Crippen LogP contribution in [0.5, 0.6) is 0 Å². The van der Waals surface area contributed by atoms with Crippen LogP contribution in [-0.2, 0) is 19.1 Å². The number of nitrogens with one attached hydrogen (secondary N) is 2. The van der Waals surface area contributed by atoms with Gasteiger partial charge in [0.15, 0.2) is 6.10 Å². The smallest absolute Gasteiger partial charge is 0.355 e. The van der Waals surface area contributed by atoms with Gasteiger partial charge in [-0.3, -0.25) is 9.59 Å². The minimum Gasteiger partial charge on any atom is -0.448 e. The molecule has 2 amide bonds. The summed E-state index contributed by atoms with van der Waals surface area (Å²) in [5.41, 5.74) is 1.30. The SMILES string of the molecule is CC(=O)N/C(=C/c1ccccc1)C(=O)O[C@@H](C)C(=O)N[C@@H](C)c1ccc(Cl)cc1Cl. The first kappa shape index (κ1) is 23.4. The Balaban J connectivity index is 2.07. The van der Waals surface area contributed by atoms with E-state index in [1.54, 1.807) is 49.4 Å². The maximum Gasteiger partial charge on any atom is 0.355 e. The van der Waals surface area contributed by atoms with Gasteiger partial charge in [-0.25, -0.2) is 4.79 Å². The van der Waals surface area contributed by atoms with Crippen LogP contribution in [0.15, 0.2) is 54.2 Å². The van der Waals surface area contributed by atoms with E-state index in [1.165, 1.54) is 19.9 Å². The molecule has 0 unspecified atom stereocenters. The molecule has 0 aliphatic carbocycles. The Hall–Kier alpha value is -2.83. The monoisotopic (exact) mass is 448 g/mol. The summed E-state index contributed by atoms with van der Waals surface area (Å²) in [6.07, 6.45) is 0.378. The number of benzene rings is 2. The van der Waals surface area contributed by atoms with Crippen molar-refractivity contribution in [2.45, 2.75) is 32.9 Å². The number of hydrogen-bond acceptors (Lipinski definition) is 4. The van der Waals surface area contributed by atoms with Gasteiger partial charge in [0, 0.05) is 17.0 Å². The van der Waals surface area contributed by atoms with Crippen molar-refractivity contribution >= 4 is 47.1 Å². The highest BCUT2D eigenvalue weighted by Gasteiger charge is 2.23. The van der Waals surface area contributed by atoms with Gasteiger partial charge in [0.2, 0.25) is 5.91 Å². The Morgan fingerprint density at radius 3 is 2.30 bits per heavy atom. The van der Waals surface area contributed by atoms with Crippen LogP contribution in [0.1, 0.15) is 37.9 Å². The summed E-state index contributed by atoms with van der Waals surface area (Å²) in [6, 6.07) is 13.5. The van der Waals surface area contributed by atoms with Crippen LogP contribution in [0.4, 0.5) is 0 Å². The first-order valence-electron chi connectivity index (χ1n) is 9.18. The normalized spacial score (nSPS) is 13.2. The van der Waals surface area contributed by atoms with Crippen LogP contribution < -0.4 is 10.6 Å². The van der Waals surface area contributed by atoms with Gasteiger partial charge in [0.25, 0.3) is 5.91 Å². The van der Waals surface area contributed by atoms with E-state index in [9.17, 15) is 14.4 Å². The molecule has 0 aliphatic rings. The lowest BCUT2D eigenvalue weighted by Crippen LogP contribution is -2.38. The molecule has 158 valence electrons. The van der Waals surface area contributed by atoms with E-state index in [0.717, 1.165) is 0 Å². The van der Waals surface area contributed by atoms with Gasteiger partial charge in [-0.1, -0.05) is 59.6 Å². The fourth-order valence-electron chi connectivity index (χ4n) is 2.59. The van der Waals surface area contributed by atoms with Crippen molar-refractivity contribution in [2.75, 3.05) is 0 Å². The van der Waals surface area contributed by atoms with E-state index < -0.39 is 29.9 Å². The summed E-state index contributed by atoms with van der Waals surface area (Å²) >= 11 is 12.1. The molecule has 2 N–H and O–H groups in total. The van der Waals surface area contributed by atoms with Gasteiger partial charge in [-0.2, -0.15) is 0 Å². The Bertz CT molecular complexity index is 961. The zero-order valence-electron chi connectivity index (χ0n) is 16.7. The largest absolute Gasteiger partial charge is 0.448 e. The van der Waals surface area contributed by atoms with Gasteiger partial charge >= 0.3 is 5.97 Å². The van der Waals surface area contributed by atoms with E-state index >= 15 is 0 Å². The molecular weight excluding hydrogens is 427 g/mol. The van der Waals surface area contributed by atoms with Crippen molar-refractivity contribution < 1.29 is 19.1 Å². The van der Waals surface area contributed by atoms with Gasteiger partial charge in [-0.15, -0.1) is 0 Å². The maximum absolute atomic E-state index is 12.5. The second-order valence-corrected chi connectivity index (χ2v) is 7.44. The molecule has 0 aliphatic heterocycles. The number of hydrogen-bond donors (Lipinski definition) is 2. The standard InChI is InChI=1S/C22H22Cl2N2O4/c1-13(18-10-9-17(23)12-19(18)24)25-21(28)14(2)30-22(29)20(26-15(3)27)11-16-7-5-4-6-8-16/h4-14H,1-3H3,(H,25,28)(H,26,27)/b20-11+/t13-,14-/m0/s1. The third kappa shape index (κ3) is 6.90. The fourth-order valence-corrected chi connectivity index (χ4v) is 3.16. The summed E-state index contributed by atoms with van der Waals surface area (Å²) < 4.78 is 5.25. The average Bonchev–Trinajstić information content (AvgIpc) is 2.67. The Morgan fingerprint density at radius 2 is 1.70 bits per heavy atom. The highest BCUT2D eigenvalue weighted by molar-refractivity contribution is 6.35. The highest BCUT2D eigenvalue weighted by atomic mass is 35.5. The topological polar surface area (TPSA) is 84.5 Å². The minimum absolute atomic E-state index is 0.0675. The summed E-state index contributed by atoms with van der Waals surface area (Å²) in [5.74, 6) is -1.77. The first-order chi connectivity index (χ1) is 14.2. The molecule has 0 radical (unpaired) electrons. The maximum atomic E-state index is 12.5. The van der Waals surface area contributed by atoms with Gasteiger partial charge in [0.1, 0.15) is 5.70 Å². The summed E-state index contributed by atoms with van der Waals surface area (Å²) in [7, 11) is 0. The molecule has 0 fully saturated rings. The second kappa shape index (κ2) is 10.8. The Morgan fingerprint density at radius 1 is 1.03 bits per heavy atom. The van der Waals surface area contributed by atoms with E-state index in [0.29, 0.717) is 21.2 Å².